The van der Waals surface area contributed by atoms with Gasteiger partial charge in [0.2, 0.25) is 11.8 Å². The van der Waals surface area contributed by atoms with Crippen LogP contribution in [0.15, 0.2) is 18.2 Å². The molecule has 5 nitrogen and oxygen atoms in total. The summed E-state index contributed by atoms with van der Waals surface area (Å²) in [6, 6.07) is 2.95. The molecule has 0 saturated carbocycles. The maximum Gasteiger partial charge on any atom is 0.249 e. The van der Waals surface area contributed by atoms with Crippen molar-refractivity contribution in [1.29, 1.82) is 0 Å². The van der Waals surface area contributed by atoms with E-state index in [1.807, 2.05) is 6.26 Å². The Labute approximate surface area is 155 Å². The van der Waals surface area contributed by atoms with E-state index in [0.29, 0.717) is 25.1 Å². The van der Waals surface area contributed by atoms with Crippen LogP contribution in [-0.2, 0) is 9.59 Å². The van der Waals surface area contributed by atoms with Gasteiger partial charge in [0.1, 0.15) is 11.9 Å². The Bertz CT molecular complexity index is 606. The molecule has 1 aliphatic rings. The Hall–Kier alpha value is -1.02. The molecular formula is C15H20Cl2FN3O2S. The van der Waals surface area contributed by atoms with Gasteiger partial charge in [0, 0.05) is 12.2 Å². The summed E-state index contributed by atoms with van der Waals surface area (Å²) in [6.07, 6.45) is 2.96. The van der Waals surface area contributed by atoms with Crippen LogP contribution in [0, 0.1) is 5.82 Å². The van der Waals surface area contributed by atoms with Gasteiger partial charge in [-0.25, -0.2) is 4.39 Å². The van der Waals surface area contributed by atoms with Crippen LogP contribution in [0.2, 0.25) is 5.02 Å². The van der Waals surface area contributed by atoms with Crippen molar-refractivity contribution in [1.82, 2.24) is 5.32 Å². The van der Waals surface area contributed by atoms with Crippen LogP contribution in [0.4, 0.5) is 10.1 Å². The molecule has 3 N–H and O–H groups in total. The van der Waals surface area contributed by atoms with E-state index in [2.05, 4.69) is 5.32 Å². The van der Waals surface area contributed by atoms with Crippen LogP contribution in [0.25, 0.3) is 0 Å². The molecule has 9 heteroatoms. The average molecular weight is 396 g/mol. The number of carbonyl (C=O) groups is 2. The van der Waals surface area contributed by atoms with Gasteiger partial charge < -0.3 is 16.0 Å². The molecule has 0 aromatic heterocycles. The fourth-order valence-electron chi connectivity index (χ4n) is 2.38. The Morgan fingerprint density at radius 2 is 2.29 bits per heavy atom. The second-order valence-electron chi connectivity index (χ2n) is 5.33. The normalized spacial score (nSPS) is 18.2. The molecule has 0 bridgehead atoms. The average Bonchev–Trinajstić information content (AvgIpc) is 2.88. The smallest absolute Gasteiger partial charge is 0.249 e. The number of anilines is 1. The number of halogens is 3. The Morgan fingerprint density at radius 3 is 2.92 bits per heavy atom. The maximum atomic E-state index is 13.5. The predicted molar refractivity (Wildman–Crippen MR) is 98.5 cm³/mol. The van der Waals surface area contributed by atoms with Crippen molar-refractivity contribution in [2.75, 3.05) is 23.5 Å². The van der Waals surface area contributed by atoms with Gasteiger partial charge in [-0.15, -0.1) is 12.4 Å². The Kier molecular flexibility index (Phi) is 8.29. The number of benzene rings is 1. The van der Waals surface area contributed by atoms with Crippen molar-refractivity contribution >= 4 is 53.3 Å². The third-order valence-corrected chi connectivity index (χ3v) is 4.66. The van der Waals surface area contributed by atoms with Gasteiger partial charge in [-0.1, -0.05) is 11.6 Å². The van der Waals surface area contributed by atoms with Crippen molar-refractivity contribution in [2.24, 2.45) is 5.73 Å². The molecule has 1 fully saturated rings. The molecule has 0 spiro atoms. The van der Waals surface area contributed by atoms with Crippen molar-refractivity contribution in [3.63, 3.8) is 0 Å². The molecule has 24 heavy (non-hydrogen) atoms. The second kappa shape index (κ2) is 9.46. The summed E-state index contributed by atoms with van der Waals surface area (Å²) >= 11 is 7.26. The highest BCUT2D eigenvalue weighted by atomic mass is 35.5. The standard InChI is InChI=1S/C15H19ClFN3O2S.ClH/c1-23-7-5-12(18)14(21)19-13-4-6-20(15(13)22)9-2-3-10(16)11(17)8-9;/h2-3,8,12-13H,4-7,18H2,1H3,(H,19,21);1H. The fourth-order valence-corrected chi connectivity index (χ4v) is 2.99. The third kappa shape index (κ3) is 4.99. The summed E-state index contributed by atoms with van der Waals surface area (Å²) in [6.45, 7) is 0.408. The zero-order chi connectivity index (χ0) is 17.0. The molecule has 1 aromatic carbocycles. The minimum absolute atomic E-state index is 0. The number of nitrogens with zero attached hydrogens (tertiary/aromatic N) is 1. The number of hydrogen-bond acceptors (Lipinski definition) is 4. The van der Waals surface area contributed by atoms with Crippen molar-refractivity contribution in [2.45, 2.75) is 24.9 Å². The van der Waals surface area contributed by atoms with Crippen LogP contribution in [0.5, 0.6) is 0 Å². The second-order valence-corrected chi connectivity index (χ2v) is 6.72. The van der Waals surface area contributed by atoms with E-state index < -0.39 is 17.9 Å². The first-order valence-corrected chi connectivity index (χ1v) is 9.02. The highest BCUT2D eigenvalue weighted by Gasteiger charge is 2.34. The van der Waals surface area contributed by atoms with Crippen LogP contribution in [-0.4, -0.2) is 42.5 Å². The number of nitrogens with one attached hydrogen (secondary N) is 1. The summed E-state index contributed by atoms with van der Waals surface area (Å²) in [5.74, 6) is -0.397. The number of nitrogens with two attached hydrogens (primary N) is 1. The molecule has 2 unspecified atom stereocenters. The summed E-state index contributed by atoms with van der Waals surface area (Å²) in [4.78, 5) is 25.8. The number of amides is 2. The largest absolute Gasteiger partial charge is 0.343 e. The van der Waals surface area contributed by atoms with Crippen LogP contribution >= 0.6 is 35.8 Å². The van der Waals surface area contributed by atoms with Gasteiger partial charge >= 0.3 is 0 Å². The highest BCUT2D eigenvalue weighted by Crippen LogP contribution is 2.25. The van der Waals surface area contributed by atoms with E-state index in [-0.39, 0.29) is 29.2 Å². The highest BCUT2D eigenvalue weighted by molar-refractivity contribution is 7.98. The van der Waals surface area contributed by atoms with Crippen LogP contribution in [0.1, 0.15) is 12.8 Å². The fraction of sp³-hybridized carbons (Fsp3) is 0.467. The topological polar surface area (TPSA) is 75.4 Å². The summed E-state index contributed by atoms with van der Waals surface area (Å²) in [5.41, 5.74) is 6.23. The maximum absolute atomic E-state index is 13.5. The monoisotopic (exact) mass is 395 g/mol. The summed E-state index contributed by atoms with van der Waals surface area (Å²) in [7, 11) is 0. The Balaban J connectivity index is 0.00000288. The summed E-state index contributed by atoms with van der Waals surface area (Å²) < 4.78 is 13.5. The lowest BCUT2D eigenvalue weighted by Gasteiger charge is -2.18. The number of rotatable bonds is 6. The van der Waals surface area contributed by atoms with Gasteiger partial charge in [0.05, 0.1) is 11.1 Å². The van der Waals surface area contributed by atoms with Gasteiger partial charge in [-0.2, -0.15) is 11.8 Å². The quantitative estimate of drug-likeness (QED) is 0.773. The van der Waals surface area contributed by atoms with Crippen molar-refractivity contribution < 1.29 is 14.0 Å². The van der Waals surface area contributed by atoms with E-state index in [9.17, 15) is 14.0 Å². The first-order valence-electron chi connectivity index (χ1n) is 7.25. The van der Waals surface area contributed by atoms with E-state index in [0.717, 1.165) is 5.75 Å². The van der Waals surface area contributed by atoms with E-state index in [1.54, 1.807) is 17.8 Å². The van der Waals surface area contributed by atoms with E-state index >= 15 is 0 Å². The van der Waals surface area contributed by atoms with Gasteiger partial charge in [0.15, 0.2) is 0 Å². The number of thioether (sulfide) groups is 1. The lowest BCUT2D eigenvalue weighted by molar-refractivity contribution is -0.127. The molecule has 2 rings (SSSR count). The van der Waals surface area contributed by atoms with Gasteiger partial charge in [-0.05, 0) is 43.0 Å². The lowest BCUT2D eigenvalue weighted by Crippen LogP contribution is -2.48. The predicted octanol–water partition coefficient (Wildman–Crippen LogP) is 2.20. The van der Waals surface area contributed by atoms with Crippen molar-refractivity contribution in [3.05, 3.63) is 29.0 Å². The summed E-state index contributed by atoms with van der Waals surface area (Å²) in [5, 5.41) is 2.68. The SMILES string of the molecule is CSCCC(N)C(=O)NC1CCN(c2ccc(Cl)c(F)c2)C1=O.Cl. The number of carbonyl (C=O) groups excluding carboxylic acids is 2. The van der Waals surface area contributed by atoms with E-state index in [4.69, 9.17) is 17.3 Å². The minimum Gasteiger partial charge on any atom is -0.343 e. The first-order chi connectivity index (χ1) is 10.9. The molecule has 0 aliphatic carbocycles. The lowest BCUT2D eigenvalue weighted by atomic mass is 10.2. The van der Waals surface area contributed by atoms with Crippen LogP contribution in [0.3, 0.4) is 0 Å². The van der Waals surface area contributed by atoms with Gasteiger partial charge in [0.25, 0.3) is 0 Å². The molecule has 0 radical (unpaired) electrons. The third-order valence-electron chi connectivity index (χ3n) is 3.71. The molecule has 1 aromatic rings. The zero-order valence-corrected chi connectivity index (χ0v) is 15.5. The molecular weight excluding hydrogens is 376 g/mol. The Morgan fingerprint density at radius 1 is 1.58 bits per heavy atom. The van der Waals surface area contributed by atoms with E-state index in [1.165, 1.54) is 17.0 Å². The van der Waals surface area contributed by atoms with Crippen LogP contribution < -0.4 is 16.0 Å². The first kappa shape index (κ1) is 21.0. The van der Waals surface area contributed by atoms with Crippen molar-refractivity contribution in [3.8, 4) is 0 Å². The van der Waals surface area contributed by atoms with Gasteiger partial charge in [-0.3, -0.25) is 9.59 Å². The zero-order valence-electron chi connectivity index (χ0n) is 13.1. The molecule has 2 atom stereocenters. The molecule has 134 valence electrons. The number of hydrogen-bond donors (Lipinski definition) is 2. The molecule has 1 saturated heterocycles. The minimum atomic E-state index is -0.628. The molecule has 1 heterocycles. The molecule has 1 aliphatic heterocycles. The molecule has 2 amide bonds.